The van der Waals surface area contributed by atoms with Crippen LogP contribution < -0.4 is 4.90 Å². The summed E-state index contributed by atoms with van der Waals surface area (Å²) in [5.74, 6) is -0.549. The Kier molecular flexibility index (Phi) is 3.67. The summed E-state index contributed by atoms with van der Waals surface area (Å²) in [4.78, 5) is 14.4. The Morgan fingerprint density at radius 3 is 2.44 bits per heavy atom. The van der Waals surface area contributed by atoms with E-state index in [1.54, 1.807) is 43.4 Å². The lowest BCUT2D eigenvalue weighted by Crippen LogP contribution is -2.26. The quantitative estimate of drug-likeness (QED) is 0.822. The van der Waals surface area contributed by atoms with Gasteiger partial charge in [-0.25, -0.2) is 4.39 Å². The van der Waals surface area contributed by atoms with Crippen LogP contribution >= 0.6 is 12.6 Å². The Balaban J connectivity index is 2.26. The van der Waals surface area contributed by atoms with Crippen molar-refractivity contribution in [2.45, 2.75) is 4.90 Å². The van der Waals surface area contributed by atoms with Crippen LogP contribution in [0, 0.1) is 5.82 Å². The van der Waals surface area contributed by atoms with Gasteiger partial charge >= 0.3 is 0 Å². The van der Waals surface area contributed by atoms with Crippen LogP contribution in [0.4, 0.5) is 10.1 Å². The minimum Gasteiger partial charge on any atom is -0.311 e. The maximum absolute atomic E-state index is 13.1. The van der Waals surface area contributed by atoms with Crippen molar-refractivity contribution >= 4 is 24.2 Å². The number of nitrogens with zero attached hydrogens (tertiary/aromatic N) is 1. The predicted molar refractivity (Wildman–Crippen MR) is 72.8 cm³/mol. The van der Waals surface area contributed by atoms with E-state index >= 15 is 0 Å². The second-order valence-electron chi connectivity index (χ2n) is 3.89. The van der Waals surface area contributed by atoms with Gasteiger partial charge in [-0.3, -0.25) is 4.79 Å². The molecule has 4 heteroatoms. The van der Waals surface area contributed by atoms with Crippen molar-refractivity contribution < 1.29 is 9.18 Å². The van der Waals surface area contributed by atoms with Crippen LogP contribution in [-0.4, -0.2) is 13.0 Å². The number of anilines is 1. The molecule has 0 aliphatic carbocycles. The molecule has 0 heterocycles. The van der Waals surface area contributed by atoms with E-state index in [2.05, 4.69) is 12.6 Å². The van der Waals surface area contributed by atoms with E-state index in [0.29, 0.717) is 11.3 Å². The highest BCUT2D eigenvalue weighted by Gasteiger charge is 2.13. The Morgan fingerprint density at radius 1 is 1.17 bits per heavy atom. The van der Waals surface area contributed by atoms with Crippen LogP contribution in [0.25, 0.3) is 0 Å². The van der Waals surface area contributed by atoms with Crippen molar-refractivity contribution in [1.29, 1.82) is 0 Å². The van der Waals surface area contributed by atoms with Gasteiger partial charge in [-0.2, -0.15) is 0 Å². The SMILES string of the molecule is CN(C(=O)c1ccc(S)cc1)c1cccc(F)c1. The summed E-state index contributed by atoms with van der Waals surface area (Å²) in [5, 5.41) is 0. The van der Waals surface area contributed by atoms with Crippen LogP contribution in [0.1, 0.15) is 10.4 Å². The molecule has 18 heavy (non-hydrogen) atoms. The number of rotatable bonds is 2. The number of hydrogen-bond acceptors (Lipinski definition) is 2. The summed E-state index contributed by atoms with van der Waals surface area (Å²) in [5.41, 5.74) is 1.06. The van der Waals surface area contributed by atoms with Crippen LogP contribution in [-0.2, 0) is 0 Å². The van der Waals surface area contributed by atoms with E-state index < -0.39 is 0 Å². The highest BCUT2D eigenvalue weighted by molar-refractivity contribution is 7.80. The minimum atomic E-state index is -0.363. The van der Waals surface area contributed by atoms with Crippen molar-refractivity contribution in [3.63, 3.8) is 0 Å². The molecule has 0 aliphatic heterocycles. The van der Waals surface area contributed by atoms with Gasteiger partial charge in [0.2, 0.25) is 0 Å². The van der Waals surface area contributed by atoms with Gasteiger partial charge in [0.05, 0.1) is 0 Å². The van der Waals surface area contributed by atoms with Crippen molar-refractivity contribution in [1.82, 2.24) is 0 Å². The maximum Gasteiger partial charge on any atom is 0.258 e. The highest BCUT2D eigenvalue weighted by Crippen LogP contribution is 2.17. The summed E-state index contributed by atoms with van der Waals surface area (Å²) >= 11 is 4.16. The average Bonchev–Trinajstić information content (AvgIpc) is 2.38. The molecule has 92 valence electrons. The standard InChI is InChI=1S/C14H12FNOS/c1-16(12-4-2-3-11(15)9-12)14(17)10-5-7-13(18)8-6-10/h2-9,18H,1H3. The molecule has 2 aromatic carbocycles. The molecule has 2 nitrogen and oxygen atoms in total. The monoisotopic (exact) mass is 261 g/mol. The van der Waals surface area contributed by atoms with Gasteiger partial charge in [-0.1, -0.05) is 6.07 Å². The van der Waals surface area contributed by atoms with E-state index in [-0.39, 0.29) is 11.7 Å². The van der Waals surface area contributed by atoms with Gasteiger partial charge in [-0.05, 0) is 42.5 Å². The van der Waals surface area contributed by atoms with Crippen LogP contribution in [0.5, 0.6) is 0 Å². The topological polar surface area (TPSA) is 20.3 Å². The fourth-order valence-electron chi connectivity index (χ4n) is 1.60. The predicted octanol–water partition coefficient (Wildman–Crippen LogP) is 3.39. The van der Waals surface area contributed by atoms with E-state index in [1.165, 1.54) is 17.0 Å². The Labute approximate surface area is 110 Å². The van der Waals surface area contributed by atoms with Gasteiger partial charge in [0.15, 0.2) is 0 Å². The Morgan fingerprint density at radius 2 is 1.83 bits per heavy atom. The lowest BCUT2D eigenvalue weighted by Gasteiger charge is -2.17. The van der Waals surface area contributed by atoms with Crippen LogP contribution in [0.2, 0.25) is 0 Å². The fraction of sp³-hybridized carbons (Fsp3) is 0.0714. The third-order valence-corrected chi connectivity index (χ3v) is 2.91. The lowest BCUT2D eigenvalue weighted by molar-refractivity contribution is 0.0993. The lowest BCUT2D eigenvalue weighted by atomic mass is 10.2. The summed E-state index contributed by atoms with van der Waals surface area (Å²) in [6.07, 6.45) is 0. The van der Waals surface area contributed by atoms with Crippen molar-refractivity contribution in [2.24, 2.45) is 0 Å². The van der Waals surface area contributed by atoms with Gasteiger partial charge in [-0.15, -0.1) is 12.6 Å². The largest absolute Gasteiger partial charge is 0.311 e. The summed E-state index contributed by atoms with van der Waals surface area (Å²) in [7, 11) is 1.62. The first kappa shape index (κ1) is 12.6. The van der Waals surface area contributed by atoms with E-state index in [4.69, 9.17) is 0 Å². The minimum absolute atomic E-state index is 0.186. The summed E-state index contributed by atoms with van der Waals surface area (Å²) < 4.78 is 13.1. The number of amides is 1. The normalized spacial score (nSPS) is 10.2. The number of halogens is 1. The maximum atomic E-state index is 13.1. The molecule has 0 unspecified atom stereocenters. The van der Waals surface area contributed by atoms with E-state index in [0.717, 1.165) is 4.90 Å². The van der Waals surface area contributed by atoms with E-state index in [1.807, 2.05) is 0 Å². The molecule has 2 rings (SSSR count). The van der Waals surface area contributed by atoms with Gasteiger partial charge in [0.25, 0.3) is 5.91 Å². The average molecular weight is 261 g/mol. The zero-order chi connectivity index (χ0) is 13.1. The molecule has 0 atom stereocenters. The number of thiol groups is 1. The molecule has 0 N–H and O–H groups in total. The molecular weight excluding hydrogens is 249 g/mol. The first-order valence-corrected chi connectivity index (χ1v) is 5.85. The molecule has 0 fully saturated rings. The summed E-state index contributed by atoms with van der Waals surface area (Å²) in [6, 6.07) is 12.8. The number of benzene rings is 2. The van der Waals surface area contributed by atoms with Gasteiger partial charge < -0.3 is 4.90 Å². The molecule has 0 aromatic heterocycles. The molecule has 0 spiro atoms. The molecule has 0 saturated carbocycles. The zero-order valence-corrected chi connectivity index (χ0v) is 10.7. The molecule has 0 radical (unpaired) electrons. The summed E-state index contributed by atoms with van der Waals surface area (Å²) in [6.45, 7) is 0. The number of carbonyl (C=O) groups is 1. The molecule has 2 aromatic rings. The van der Waals surface area contributed by atoms with Crippen LogP contribution in [0.3, 0.4) is 0 Å². The Hall–Kier alpha value is -1.81. The fourth-order valence-corrected chi connectivity index (χ4v) is 1.75. The molecule has 0 aliphatic rings. The molecule has 0 saturated heterocycles. The van der Waals surface area contributed by atoms with Crippen molar-refractivity contribution in [2.75, 3.05) is 11.9 Å². The van der Waals surface area contributed by atoms with Gasteiger partial charge in [0, 0.05) is 23.2 Å². The number of hydrogen-bond donors (Lipinski definition) is 1. The third kappa shape index (κ3) is 2.71. The molecule has 0 bridgehead atoms. The highest BCUT2D eigenvalue weighted by atomic mass is 32.1. The van der Waals surface area contributed by atoms with Crippen molar-refractivity contribution in [3.8, 4) is 0 Å². The van der Waals surface area contributed by atoms with Gasteiger partial charge in [0.1, 0.15) is 5.82 Å². The van der Waals surface area contributed by atoms with Crippen molar-refractivity contribution in [3.05, 3.63) is 59.9 Å². The third-order valence-electron chi connectivity index (χ3n) is 2.61. The molecular formula is C14H12FNOS. The van der Waals surface area contributed by atoms with E-state index in [9.17, 15) is 9.18 Å². The second-order valence-corrected chi connectivity index (χ2v) is 4.41. The van der Waals surface area contributed by atoms with Crippen LogP contribution in [0.15, 0.2) is 53.4 Å². The first-order valence-electron chi connectivity index (χ1n) is 5.40. The zero-order valence-electron chi connectivity index (χ0n) is 9.80. The molecule has 1 amide bonds. The smallest absolute Gasteiger partial charge is 0.258 e. The first-order chi connectivity index (χ1) is 8.58. The number of carbonyl (C=O) groups excluding carboxylic acids is 1. The Bertz CT molecular complexity index is 568. The second kappa shape index (κ2) is 5.23.